The van der Waals surface area contributed by atoms with E-state index in [-0.39, 0.29) is 0 Å². The number of hydrogen-bond acceptors (Lipinski definition) is 1. The molecule has 1 heterocycles. The van der Waals surface area contributed by atoms with Crippen LogP contribution in [-0.4, -0.2) is 12.2 Å². The Morgan fingerprint density at radius 3 is 2.90 bits per heavy atom. The SMILES string of the molecule is CC=CC1CCC2OC2C1. The third-order valence-corrected chi connectivity index (χ3v) is 2.51. The summed E-state index contributed by atoms with van der Waals surface area (Å²) in [5.74, 6) is 0.814. The first kappa shape index (κ1) is 6.41. The van der Waals surface area contributed by atoms with E-state index in [1.165, 1.54) is 19.3 Å². The van der Waals surface area contributed by atoms with Crippen molar-refractivity contribution in [2.75, 3.05) is 0 Å². The van der Waals surface area contributed by atoms with Crippen molar-refractivity contribution in [1.82, 2.24) is 0 Å². The molecule has 1 heteroatoms. The first-order valence-corrected chi connectivity index (χ1v) is 4.18. The first-order chi connectivity index (χ1) is 4.90. The van der Waals surface area contributed by atoms with Gasteiger partial charge in [-0.3, -0.25) is 0 Å². The molecule has 0 spiro atoms. The Hall–Kier alpha value is -0.300. The van der Waals surface area contributed by atoms with Crippen LogP contribution in [-0.2, 0) is 4.74 Å². The fraction of sp³-hybridized carbons (Fsp3) is 0.778. The highest BCUT2D eigenvalue weighted by Gasteiger charge is 2.42. The maximum Gasteiger partial charge on any atom is 0.0847 e. The summed E-state index contributed by atoms with van der Waals surface area (Å²) in [5, 5.41) is 0. The normalized spacial score (nSPS) is 45.5. The average molecular weight is 138 g/mol. The molecule has 0 radical (unpaired) electrons. The lowest BCUT2D eigenvalue weighted by Crippen LogP contribution is -2.10. The van der Waals surface area contributed by atoms with E-state index in [1.54, 1.807) is 0 Å². The zero-order valence-corrected chi connectivity index (χ0v) is 6.42. The Morgan fingerprint density at radius 2 is 2.20 bits per heavy atom. The lowest BCUT2D eigenvalue weighted by atomic mass is 9.89. The van der Waals surface area contributed by atoms with Crippen molar-refractivity contribution in [3.8, 4) is 0 Å². The second-order valence-corrected chi connectivity index (χ2v) is 3.31. The molecular formula is C9H14O. The van der Waals surface area contributed by atoms with Crippen LogP contribution in [0.2, 0.25) is 0 Å². The Labute approximate surface area is 62.1 Å². The first-order valence-electron chi connectivity index (χ1n) is 4.18. The Balaban J connectivity index is 1.88. The topological polar surface area (TPSA) is 12.5 Å². The number of hydrogen-bond donors (Lipinski definition) is 0. The van der Waals surface area contributed by atoms with E-state index >= 15 is 0 Å². The monoisotopic (exact) mass is 138 g/mol. The standard InChI is InChI=1S/C9H14O/c1-2-3-7-4-5-8-9(6-7)10-8/h2-3,7-9H,4-6H2,1H3. The maximum atomic E-state index is 5.42. The Morgan fingerprint density at radius 1 is 1.30 bits per heavy atom. The van der Waals surface area contributed by atoms with Crippen LogP contribution < -0.4 is 0 Å². The molecule has 1 aliphatic heterocycles. The van der Waals surface area contributed by atoms with Gasteiger partial charge in [-0.2, -0.15) is 0 Å². The molecular weight excluding hydrogens is 124 g/mol. The highest BCUT2D eigenvalue weighted by Crippen LogP contribution is 2.39. The van der Waals surface area contributed by atoms with Gasteiger partial charge in [-0.1, -0.05) is 12.2 Å². The number of ether oxygens (including phenoxy) is 1. The van der Waals surface area contributed by atoms with E-state index in [9.17, 15) is 0 Å². The molecule has 0 aromatic carbocycles. The molecule has 56 valence electrons. The van der Waals surface area contributed by atoms with Crippen molar-refractivity contribution >= 4 is 0 Å². The summed E-state index contributed by atoms with van der Waals surface area (Å²) in [4.78, 5) is 0. The van der Waals surface area contributed by atoms with Crippen LogP contribution in [0.4, 0.5) is 0 Å². The molecule has 0 N–H and O–H groups in total. The van der Waals surface area contributed by atoms with Gasteiger partial charge in [0.05, 0.1) is 12.2 Å². The Kier molecular flexibility index (Phi) is 1.53. The largest absolute Gasteiger partial charge is 0.370 e. The van der Waals surface area contributed by atoms with Crippen molar-refractivity contribution in [1.29, 1.82) is 0 Å². The van der Waals surface area contributed by atoms with Crippen LogP contribution >= 0.6 is 0 Å². The molecule has 10 heavy (non-hydrogen) atoms. The summed E-state index contributed by atoms with van der Waals surface area (Å²) >= 11 is 0. The van der Waals surface area contributed by atoms with Crippen molar-refractivity contribution in [2.24, 2.45) is 5.92 Å². The molecule has 2 fully saturated rings. The van der Waals surface area contributed by atoms with Crippen molar-refractivity contribution in [3.63, 3.8) is 0 Å². The van der Waals surface area contributed by atoms with Crippen LogP contribution in [0.5, 0.6) is 0 Å². The molecule has 0 aromatic heterocycles. The predicted octanol–water partition coefficient (Wildman–Crippen LogP) is 2.13. The van der Waals surface area contributed by atoms with Crippen LogP contribution in [0.3, 0.4) is 0 Å². The lowest BCUT2D eigenvalue weighted by Gasteiger charge is -2.13. The molecule has 3 unspecified atom stereocenters. The molecule has 0 amide bonds. The van der Waals surface area contributed by atoms with Gasteiger partial charge >= 0.3 is 0 Å². The summed E-state index contributed by atoms with van der Waals surface area (Å²) in [5.41, 5.74) is 0. The van der Waals surface area contributed by atoms with E-state index in [2.05, 4.69) is 19.1 Å². The summed E-state index contributed by atoms with van der Waals surface area (Å²) in [6.45, 7) is 2.10. The summed E-state index contributed by atoms with van der Waals surface area (Å²) in [7, 11) is 0. The number of epoxide rings is 1. The van der Waals surface area contributed by atoms with Crippen LogP contribution in [0, 0.1) is 5.92 Å². The number of rotatable bonds is 1. The number of fused-ring (bicyclic) bond motifs is 1. The fourth-order valence-electron chi connectivity index (χ4n) is 1.88. The van der Waals surface area contributed by atoms with E-state index in [0.717, 1.165) is 5.92 Å². The third kappa shape index (κ3) is 1.10. The molecule has 3 atom stereocenters. The minimum absolute atomic E-state index is 0.634. The second kappa shape index (κ2) is 2.39. The second-order valence-electron chi connectivity index (χ2n) is 3.31. The summed E-state index contributed by atoms with van der Waals surface area (Å²) in [6.07, 6.45) is 9.67. The van der Waals surface area contributed by atoms with Gasteiger partial charge in [0.2, 0.25) is 0 Å². The maximum absolute atomic E-state index is 5.42. The zero-order valence-electron chi connectivity index (χ0n) is 6.42. The van der Waals surface area contributed by atoms with E-state index in [1.807, 2.05) is 0 Å². The summed E-state index contributed by atoms with van der Waals surface area (Å²) in [6, 6.07) is 0. The van der Waals surface area contributed by atoms with E-state index in [4.69, 9.17) is 4.74 Å². The van der Waals surface area contributed by atoms with Gasteiger partial charge in [0.15, 0.2) is 0 Å². The van der Waals surface area contributed by atoms with Crippen molar-refractivity contribution < 1.29 is 4.74 Å². The molecule has 1 saturated heterocycles. The number of allylic oxidation sites excluding steroid dienone is 2. The molecule has 2 rings (SSSR count). The average Bonchev–Trinajstić information content (AvgIpc) is 2.66. The minimum Gasteiger partial charge on any atom is -0.370 e. The Bertz CT molecular complexity index is 151. The minimum atomic E-state index is 0.634. The molecule has 0 aromatic rings. The predicted molar refractivity (Wildman–Crippen MR) is 40.8 cm³/mol. The van der Waals surface area contributed by atoms with Crippen molar-refractivity contribution in [2.45, 2.75) is 38.4 Å². The van der Waals surface area contributed by atoms with Gasteiger partial charge in [0.1, 0.15) is 0 Å². The molecule has 1 saturated carbocycles. The highest BCUT2D eigenvalue weighted by atomic mass is 16.6. The van der Waals surface area contributed by atoms with Gasteiger partial charge in [-0.05, 0) is 32.1 Å². The van der Waals surface area contributed by atoms with Crippen molar-refractivity contribution in [3.05, 3.63) is 12.2 Å². The van der Waals surface area contributed by atoms with Crippen LogP contribution in [0.1, 0.15) is 26.2 Å². The quantitative estimate of drug-likeness (QED) is 0.399. The molecule has 0 bridgehead atoms. The van der Waals surface area contributed by atoms with Gasteiger partial charge in [0.25, 0.3) is 0 Å². The molecule has 1 aliphatic carbocycles. The third-order valence-electron chi connectivity index (χ3n) is 2.51. The van der Waals surface area contributed by atoms with Gasteiger partial charge in [0, 0.05) is 0 Å². The van der Waals surface area contributed by atoms with Crippen LogP contribution in [0.15, 0.2) is 12.2 Å². The van der Waals surface area contributed by atoms with Gasteiger partial charge < -0.3 is 4.74 Å². The molecule has 1 nitrogen and oxygen atoms in total. The lowest BCUT2D eigenvalue weighted by molar-refractivity contribution is 0.370. The van der Waals surface area contributed by atoms with Crippen LogP contribution in [0.25, 0.3) is 0 Å². The molecule has 2 aliphatic rings. The fourth-order valence-corrected chi connectivity index (χ4v) is 1.88. The highest BCUT2D eigenvalue weighted by molar-refractivity contribution is 4.98. The van der Waals surface area contributed by atoms with Gasteiger partial charge in [-0.15, -0.1) is 0 Å². The zero-order chi connectivity index (χ0) is 6.97. The van der Waals surface area contributed by atoms with E-state index in [0.29, 0.717) is 12.2 Å². The smallest absolute Gasteiger partial charge is 0.0847 e. The van der Waals surface area contributed by atoms with Gasteiger partial charge in [-0.25, -0.2) is 0 Å². The summed E-state index contributed by atoms with van der Waals surface area (Å²) < 4.78 is 5.42. The van der Waals surface area contributed by atoms with E-state index < -0.39 is 0 Å².